The molecule has 0 N–H and O–H groups in total. The number of furan rings is 1. The first-order valence-corrected chi connectivity index (χ1v) is 4.16. The second-order valence-corrected chi connectivity index (χ2v) is 3.54. The molecule has 0 aromatic carbocycles. The standard InChI is InChI=1S/C9H14N2O/c1-7-4-8-5-10(2)6-11(3)9(8)12-7/h4H,5-6H2,1-3H3. The van der Waals surface area contributed by atoms with Gasteiger partial charge in [-0.3, -0.25) is 4.90 Å². The average molecular weight is 166 g/mol. The van der Waals surface area contributed by atoms with Crippen LogP contribution in [-0.2, 0) is 6.54 Å². The number of aryl methyl sites for hydroxylation is 1. The zero-order valence-corrected chi connectivity index (χ0v) is 7.79. The van der Waals surface area contributed by atoms with Gasteiger partial charge in [0.05, 0.1) is 6.67 Å². The minimum atomic E-state index is 0.944. The van der Waals surface area contributed by atoms with E-state index in [1.807, 2.05) is 6.92 Å². The Labute approximate surface area is 72.6 Å². The van der Waals surface area contributed by atoms with E-state index in [0.29, 0.717) is 0 Å². The Kier molecular flexibility index (Phi) is 1.61. The molecular formula is C9H14N2O. The topological polar surface area (TPSA) is 19.6 Å². The van der Waals surface area contributed by atoms with Gasteiger partial charge < -0.3 is 9.32 Å². The van der Waals surface area contributed by atoms with E-state index in [4.69, 9.17) is 4.42 Å². The van der Waals surface area contributed by atoms with Gasteiger partial charge in [-0.2, -0.15) is 0 Å². The minimum absolute atomic E-state index is 0.944. The Bertz CT molecular complexity index is 293. The molecule has 0 aliphatic carbocycles. The SMILES string of the molecule is Cc1cc2c(o1)N(C)CN(C)C2. The molecule has 0 radical (unpaired) electrons. The fourth-order valence-corrected chi connectivity index (χ4v) is 1.76. The van der Waals surface area contributed by atoms with E-state index in [9.17, 15) is 0 Å². The van der Waals surface area contributed by atoms with Crippen LogP contribution in [0.2, 0.25) is 0 Å². The highest BCUT2D eigenvalue weighted by Gasteiger charge is 2.20. The predicted molar refractivity (Wildman–Crippen MR) is 48.2 cm³/mol. The summed E-state index contributed by atoms with van der Waals surface area (Å²) >= 11 is 0. The normalized spacial score (nSPS) is 18.1. The Morgan fingerprint density at radius 3 is 2.92 bits per heavy atom. The van der Waals surface area contributed by atoms with Crippen molar-refractivity contribution in [3.8, 4) is 0 Å². The summed E-state index contributed by atoms with van der Waals surface area (Å²) in [4.78, 5) is 4.39. The second kappa shape index (κ2) is 2.52. The molecule has 2 heterocycles. The van der Waals surface area contributed by atoms with Crippen LogP contribution in [0.4, 0.5) is 5.88 Å². The van der Waals surface area contributed by atoms with Gasteiger partial charge in [0.1, 0.15) is 5.76 Å². The second-order valence-electron chi connectivity index (χ2n) is 3.54. The molecule has 1 aliphatic rings. The molecular weight excluding hydrogens is 152 g/mol. The van der Waals surface area contributed by atoms with Crippen molar-refractivity contribution in [2.24, 2.45) is 0 Å². The zero-order chi connectivity index (χ0) is 8.72. The molecule has 0 amide bonds. The minimum Gasteiger partial charge on any atom is -0.445 e. The summed E-state index contributed by atoms with van der Waals surface area (Å²) in [6.45, 7) is 3.93. The first-order valence-electron chi connectivity index (χ1n) is 4.16. The van der Waals surface area contributed by atoms with Gasteiger partial charge in [-0.05, 0) is 20.0 Å². The Morgan fingerprint density at radius 2 is 2.17 bits per heavy atom. The van der Waals surface area contributed by atoms with E-state index in [-0.39, 0.29) is 0 Å². The first kappa shape index (κ1) is 7.68. The molecule has 0 spiro atoms. The van der Waals surface area contributed by atoms with Crippen LogP contribution >= 0.6 is 0 Å². The molecule has 0 unspecified atom stereocenters. The van der Waals surface area contributed by atoms with Crippen molar-refractivity contribution < 1.29 is 4.42 Å². The van der Waals surface area contributed by atoms with Crippen LogP contribution in [-0.4, -0.2) is 25.7 Å². The molecule has 2 rings (SSSR count). The molecule has 1 aromatic heterocycles. The Morgan fingerprint density at radius 1 is 1.42 bits per heavy atom. The highest BCUT2D eigenvalue weighted by Crippen LogP contribution is 2.28. The molecule has 0 saturated carbocycles. The lowest BCUT2D eigenvalue weighted by atomic mass is 10.2. The lowest BCUT2D eigenvalue weighted by Crippen LogP contribution is -2.36. The third-order valence-corrected chi connectivity index (χ3v) is 2.15. The highest BCUT2D eigenvalue weighted by atomic mass is 16.4. The third-order valence-electron chi connectivity index (χ3n) is 2.15. The van der Waals surface area contributed by atoms with Gasteiger partial charge in [-0.15, -0.1) is 0 Å². The maximum absolute atomic E-state index is 5.57. The van der Waals surface area contributed by atoms with Crippen LogP contribution in [0.5, 0.6) is 0 Å². The van der Waals surface area contributed by atoms with Crippen molar-refractivity contribution in [3.05, 3.63) is 17.4 Å². The first-order chi connectivity index (χ1) is 5.66. The monoisotopic (exact) mass is 166 g/mol. The van der Waals surface area contributed by atoms with E-state index in [1.54, 1.807) is 0 Å². The largest absolute Gasteiger partial charge is 0.445 e. The third kappa shape index (κ3) is 1.10. The maximum Gasteiger partial charge on any atom is 0.200 e. The van der Waals surface area contributed by atoms with Crippen molar-refractivity contribution in [1.29, 1.82) is 0 Å². The summed E-state index contributed by atoms with van der Waals surface area (Å²) in [5, 5.41) is 0. The Balaban J connectivity index is 2.40. The van der Waals surface area contributed by atoms with E-state index >= 15 is 0 Å². The van der Waals surface area contributed by atoms with Crippen LogP contribution in [0.1, 0.15) is 11.3 Å². The van der Waals surface area contributed by atoms with Crippen LogP contribution in [0.25, 0.3) is 0 Å². The summed E-state index contributed by atoms with van der Waals surface area (Å²) < 4.78 is 5.57. The van der Waals surface area contributed by atoms with Gasteiger partial charge in [0, 0.05) is 19.2 Å². The van der Waals surface area contributed by atoms with Gasteiger partial charge in [0.15, 0.2) is 0 Å². The lowest BCUT2D eigenvalue weighted by molar-refractivity contribution is 0.304. The Hall–Kier alpha value is -0.960. The lowest BCUT2D eigenvalue weighted by Gasteiger charge is -2.29. The van der Waals surface area contributed by atoms with Crippen molar-refractivity contribution in [2.75, 3.05) is 25.7 Å². The molecule has 66 valence electrons. The van der Waals surface area contributed by atoms with Gasteiger partial charge in [-0.25, -0.2) is 0 Å². The van der Waals surface area contributed by atoms with E-state index in [2.05, 4.69) is 30.0 Å². The van der Waals surface area contributed by atoms with Crippen LogP contribution in [0.3, 0.4) is 0 Å². The summed E-state index contributed by atoms with van der Waals surface area (Å²) in [6, 6.07) is 2.11. The van der Waals surface area contributed by atoms with Gasteiger partial charge in [0.2, 0.25) is 5.88 Å². The summed E-state index contributed by atoms with van der Waals surface area (Å²) in [5.41, 5.74) is 1.30. The number of hydrogen-bond acceptors (Lipinski definition) is 3. The molecule has 1 aliphatic heterocycles. The number of nitrogens with zero attached hydrogens (tertiary/aromatic N) is 2. The van der Waals surface area contributed by atoms with E-state index < -0.39 is 0 Å². The van der Waals surface area contributed by atoms with Crippen LogP contribution in [0.15, 0.2) is 10.5 Å². The van der Waals surface area contributed by atoms with Crippen LogP contribution < -0.4 is 4.90 Å². The molecule has 0 fully saturated rings. The molecule has 3 nitrogen and oxygen atoms in total. The molecule has 0 saturated heterocycles. The number of fused-ring (bicyclic) bond motifs is 1. The van der Waals surface area contributed by atoms with Gasteiger partial charge in [0.25, 0.3) is 0 Å². The summed E-state index contributed by atoms with van der Waals surface area (Å²) in [6.07, 6.45) is 0. The van der Waals surface area contributed by atoms with Crippen molar-refractivity contribution in [1.82, 2.24) is 4.90 Å². The van der Waals surface area contributed by atoms with Crippen LogP contribution in [0, 0.1) is 6.92 Å². The van der Waals surface area contributed by atoms with E-state index in [1.165, 1.54) is 5.56 Å². The number of anilines is 1. The molecule has 1 aromatic rings. The predicted octanol–water partition coefficient (Wildman–Crippen LogP) is 1.43. The van der Waals surface area contributed by atoms with Crippen molar-refractivity contribution in [2.45, 2.75) is 13.5 Å². The molecule has 12 heavy (non-hydrogen) atoms. The fraction of sp³-hybridized carbons (Fsp3) is 0.556. The number of hydrogen-bond donors (Lipinski definition) is 0. The highest BCUT2D eigenvalue weighted by molar-refractivity contribution is 5.46. The quantitative estimate of drug-likeness (QED) is 0.581. The fourth-order valence-electron chi connectivity index (χ4n) is 1.76. The van der Waals surface area contributed by atoms with Gasteiger partial charge in [-0.1, -0.05) is 0 Å². The van der Waals surface area contributed by atoms with Gasteiger partial charge >= 0.3 is 0 Å². The molecule has 0 bridgehead atoms. The summed E-state index contributed by atoms with van der Waals surface area (Å²) in [5.74, 6) is 2.03. The van der Waals surface area contributed by atoms with E-state index in [0.717, 1.165) is 24.9 Å². The smallest absolute Gasteiger partial charge is 0.200 e. The zero-order valence-electron chi connectivity index (χ0n) is 7.79. The maximum atomic E-state index is 5.57. The molecule has 0 atom stereocenters. The molecule has 3 heteroatoms. The van der Waals surface area contributed by atoms with Crippen molar-refractivity contribution in [3.63, 3.8) is 0 Å². The summed E-state index contributed by atoms with van der Waals surface area (Å²) in [7, 11) is 4.17. The number of rotatable bonds is 0. The average Bonchev–Trinajstić information content (AvgIpc) is 2.29. The van der Waals surface area contributed by atoms with Crippen molar-refractivity contribution >= 4 is 5.88 Å².